The molecule has 5 nitrogen and oxygen atoms in total. The molecule has 0 aliphatic carbocycles. The van der Waals surface area contributed by atoms with Gasteiger partial charge in [-0.25, -0.2) is 9.59 Å². The maximum Gasteiger partial charge on any atom is 0.328 e. The van der Waals surface area contributed by atoms with E-state index in [0.29, 0.717) is 5.92 Å². The first kappa shape index (κ1) is 14.8. The Bertz CT molecular complexity index is 297. The Kier molecular flexibility index (Phi) is 5.44. The average Bonchev–Trinajstić information content (AvgIpc) is 2.35. The van der Waals surface area contributed by atoms with E-state index in [4.69, 9.17) is 4.74 Å². The van der Waals surface area contributed by atoms with E-state index in [2.05, 4.69) is 12.2 Å². The SMILES string of the molecule is COC(=O)C(NC(=O)N1CCC(C)CC1)C(C)C. The fraction of sp³-hybridized carbons (Fsp3) is 0.846. The van der Waals surface area contributed by atoms with Gasteiger partial charge in [0.25, 0.3) is 0 Å². The molecule has 0 bridgehead atoms. The molecule has 2 amide bonds. The first-order chi connectivity index (χ1) is 8.45. The predicted molar refractivity (Wildman–Crippen MR) is 69.1 cm³/mol. The molecule has 0 aromatic rings. The number of carbonyl (C=O) groups excluding carboxylic acids is 2. The van der Waals surface area contributed by atoms with Crippen molar-refractivity contribution in [2.75, 3.05) is 20.2 Å². The number of piperidine rings is 1. The third kappa shape index (κ3) is 3.89. The van der Waals surface area contributed by atoms with Crippen LogP contribution in [0.4, 0.5) is 4.79 Å². The number of nitrogens with zero attached hydrogens (tertiary/aromatic N) is 1. The zero-order valence-corrected chi connectivity index (χ0v) is 11.7. The van der Waals surface area contributed by atoms with Crippen LogP contribution in [0, 0.1) is 11.8 Å². The number of rotatable bonds is 3. The van der Waals surface area contributed by atoms with Crippen LogP contribution in [-0.2, 0) is 9.53 Å². The molecule has 0 aromatic heterocycles. The van der Waals surface area contributed by atoms with E-state index in [1.165, 1.54) is 7.11 Å². The molecular weight excluding hydrogens is 232 g/mol. The zero-order chi connectivity index (χ0) is 13.7. The normalized spacial score (nSPS) is 18.6. The lowest BCUT2D eigenvalue weighted by Crippen LogP contribution is -2.52. The van der Waals surface area contributed by atoms with Gasteiger partial charge in [0.1, 0.15) is 6.04 Å². The van der Waals surface area contributed by atoms with Gasteiger partial charge in [-0.2, -0.15) is 0 Å². The quantitative estimate of drug-likeness (QED) is 0.781. The molecule has 0 aromatic carbocycles. The Morgan fingerprint density at radius 3 is 2.28 bits per heavy atom. The van der Waals surface area contributed by atoms with Gasteiger partial charge in [0.2, 0.25) is 0 Å². The van der Waals surface area contributed by atoms with Gasteiger partial charge in [-0.15, -0.1) is 0 Å². The second-order valence-electron chi connectivity index (χ2n) is 5.36. The number of ether oxygens (including phenoxy) is 1. The Morgan fingerprint density at radius 2 is 1.83 bits per heavy atom. The average molecular weight is 256 g/mol. The van der Waals surface area contributed by atoms with E-state index < -0.39 is 6.04 Å². The van der Waals surface area contributed by atoms with Crippen LogP contribution >= 0.6 is 0 Å². The summed E-state index contributed by atoms with van der Waals surface area (Å²) in [5.41, 5.74) is 0. The number of esters is 1. The van der Waals surface area contributed by atoms with Crippen molar-refractivity contribution < 1.29 is 14.3 Å². The molecule has 18 heavy (non-hydrogen) atoms. The van der Waals surface area contributed by atoms with E-state index in [1.807, 2.05) is 13.8 Å². The number of nitrogens with one attached hydrogen (secondary N) is 1. The van der Waals surface area contributed by atoms with Gasteiger partial charge < -0.3 is 15.0 Å². The molecule has 5 heteroatoms. The molecule has 1 aliphatic heterocycles. The molecule has 1 fully saturated rings. The minimum absolute atomic E-state index is 0.0186. The molecule has 1 N–H and O–H groups in total. The Hall–Kier alpha value is -1.26. The summed E-state index contributed by atoms with van der Waals surface area (Å²) in [5, 5.41) is 2.76. The molecule has 0 spiro atoms. The second-order valence-corrected chi connectivity index (χ2v) is 5.36. The van der Waals surface area contributed by atoms with Crippen molar-refractivity contribution in [1.82, 2.24) is 10.2 Å². The maximum atomic E-state index is 12.0. The summed E-state index contributed by atoms with van der Waals surface area (Å²) < 4.78 is 4.71. The molecule has 1 aliphatic rings. The minimum Gasteiger partial charge on any atom is -0.467 e. The van der Waals surface area contributed by atoms with E-state index in [9.17, 15) is 9.59 Å². The number of amides is 2. The number of urea groups is 1. The van der Waals surface area contributed by atoms with Crippen LogP contribution in [0.15, 0.2) is 0 Å². The predicted octanol–water partition coefficient (Wildman–Crippen LogP) is 1.63. The molecule has 1 atom stereocenters. The van der Waals surface area contributed by atoms with Crippen LogP contribution in [-0.4, -0.2) is 43.1 Å². The Labute approximate surface area is 109 Å². The molecule has 1 unspecified atom stereocenters. The van der Waals surface area contributed by atoms with Gasteiger partial charge in [-0.3, -0.25) is 0 Å². The van der Waals surface area contributed by atoms with Gasteiger partial charge in [-0.1, -0.05) is 20.8 Å². The van der Waals surface area contributed by atoms with Gasteiger partial charge in [-0.05, 0) is 24.7 Å². The summed E-state index contributed by atoms with van der Waals surface area (Å²) in [5.74, 6) is 0.310. The summed E-state index contributed by atoms with van der Waals surface area (Å²) in [6.07, 6.45) is 2.05. The standard InChI is InChI=1S/C13H24N2O3/c1-9(2)11(12(16)18-4)14-13(17)15-7-5-10(3)6-8-15/h9-11H,5-8H2,1-4H3,(H,14,17). The highest BCUT2D eigenvalue weighted by atomic mass is 16.5. The lowest BCUT2D eigenvalue weighted by atomic mass is 9.99. The number of carbonyl (C=O) groups is 2. The molecule has 104 valence electrons. The van der Waals surface area contributed by atoms with Crippen molar-refractivity contribution in [3.05, 3.63) is 0 Å². The smallest absolute Gasteiger partial charge is 0.328 e. The first-order valence-corrected chi connectivity index (χ1v) is 6.59. The summed E-state index contributed by atoms with van der Waals surface area (Å²) in [6.45, 7) is 7.50. The lowest BCUT2D eigenvalue weighted by molar-refractivity contribution is -0.144. The van der Waals surface area contributed by atoms with Crippen molar-refractivity contribution in [3.8, 4) is 0 Å². The van der Waals surface area contributed by atoms with E-state index >= 15 is 0 Å². The molecule has 1 rings (SSSR count). The second kappa shape index (κ2) is 6.61. The van der Waals surface area contributed by atoms with E-state index in [-0.39, 0.29) is 17.9 Å². The molecule has 0 saturated carbocycles. The van der Waals surface area contributed by atoms with Gasteiger partial charge in [0.15, 0.2) is 0 Å². The van der Waals surface area contributed by atoms with Crippen LogP contribution in [0.5, 0.6) is 0 Å². The van der Waals surface area contributed by atoms with Crippen LogP contribution < -0.4 is 5.32 Å². The topological polar surface area (TPSA) is 58.6 Å². The highest BCUT2D eigenvalue weighted by Crippen LogP contribution is 2.16. The molecule has 0 radical (unpaired) electrons. The van der Waals surface area contributed by atoms with Crippen LogP contribution in [0.25, 0.3) is 0 Å². The van der Waals surface area contributed by atoms with Crippen molar-refractivity contribution in [1.29, 1.82) is 0 Å². The summed E-state index contributed by atoms with van der Waals surface area (Å²) in [6, 6.07) is -0.729. The van der Waals surface area contributed by atoms with Gasteiger partial charge >= 0.3 is 12.0 Å². The number of hydrogen-bond donors (Lipinski definition) is 1. The Morgan fingerprint density at radius 1 is 1.28 bits per heavy atom. The summed E-state index contributed by atoms with van der Waals surface area (Å²) in [4.78, 5) is 25.4. The highest BCUT2D eigenvalue weighted by molar-refractivity contribution is 5.83. The lowest BCUT2D eigenvalue weighted by Gasteiger charge is -2.32. The largest absolute Gasteiger partial charge is 0.467 e. The fourth-order valence-corrected chi connectivity index (χ4v) is 2.06. The van der Waals surface area contributed by atoms with Crippen LogP contribution in [0.2, 0.25) is 0 Å². The molecular formula is C13H24N2O3. The van der Waals surface area contributed by atoms with E-state index in [1.54, 1.807) is 4.90 Å². The third-order valence-corrected chi connectivity index (χ3v) is 3.47. The first-order valence-electron chi connectivity index (χ1n) is 6.59. The van der Waals surface area contributed by atoms with Gasteiger partial charge in [0.05, 0.1) is 7.11 Å². The van der Waals surface area contributed by atoms with Crippen molar-refractivity contribution >= 4 is 12.0 Å². The van der Waals surface area contributed by atoms with Crippen molar-refractivity contribution in [2.24, 2.45) is 11.8 Å². The van der Waals surface area contributed by atoms with Gasteiger partial charge in [0, 0.05) is 13.1 Å². The molecule has 1 saturated heterocycles. The maximum absolute atomic E-state index is 12.0. The van der Waals surface area contributed by atoms with E-state index in [0.717, 1.165) is 25.9 Å². The summed E-state index contributed by atoms with van der Waals surface area (Å²) in [7, 11) is 1.34. The number of hydrogen-bond acceptors (Lipinski definition) is 3. The minimum atomic E-state index is -0.568. The highest BCUT2D eigenvalue weighted by Gasteiger charge is 2.28. The van der Waals surface area contributed by atoms with Crippen LogP contribution in [0.1, 0.15) is 33.6 Å². The number of likely N-dealkylation sites (tertiary alicyclic amines) is 1. The zero-order valence-electron chi connectivity index (χ0n) is 11.7. The molecule has 1 heterocycles. The van der Waals surface area contributed by atoms with Crippen LogP contribution in [0.3, 0.4) is 0 Å². The third-order valence-electron chi connectivity index (χ3n) is 3.47. The summed E-state index contributed by atoms with van der Waals surface area (Å²) >= 11 is 0. The van der Waals surface area contributed by atoms with Crippen molar-refractivity contribution in [3.63, 3.8) is 0 Å². The van der Waals surface area contributed by atoms with Crippen molar-refractivity contribution in [2.45, 2.75) is 39.7 Å². The Balaban J connectivity index is 2.53. The fourth-order valence-electron chi connectivity index (χ4n) is 2.06. The monoisotopic (exact) mass is 256 g/mol. The number of methoxy groups -OCH3 is 1.